The van der Waals surface area contributed by atoms with Crippen molar-refractivity contribution in [2.24, 2.45) is 0 Å². The number of fused-ring (bicyclic) bond motifs is 1. The van der Waals surface area contributed by atoms with Gasteiger partial charge >= 0.3 is 0 Å². The quantitative estimate of drug-likeness (QED) is 0.732. The molecule has 1 nitrogen and oxygen atoms in total. The van der Waals surface area contributed by atoms with E-state index in [4.69, 9.17) is 4.42 Å². The highest BCUT2D eigenvalue weighted by Gasteiger charge is 2.25. The first-order chi connectivity index (χ1) is 8.31. The minimum Gasteiger partial charge on any atom is -0.464 e. The first kappa shape index (κ1) is 10.4. The monoisotopic (exact) mass is 224 g/mol. The first-order valence-electron chi connectivity index (χ1n) is 6.18. The Hall–Kier alpha value is -1.76. The summed E-state index contributed by atoms with van der Waals surface area (Å²) < 4.78 is 5.67. The summed E-state index contributed by atoms with van der Waals surface area (Å²) in [5, 5.41) is 0. The molecule has 1 atom stereocenters. The molecule has 1 aliphatic carbocycles. The maximum Gasteiger partial charge on any atom is 0.133 e. The predicted octanol–water partition coefficient (Wildman–Crippen LogP) is 4.50. The molecule has 0 radical (unpaired) electrons. The largest absolute Gasteiger partial charge is 0.464 e. The van der Waals surface area contributed by atoms with Gasteiger partial charge in [0.2, 0.25) is 0 Å². The molecule has 1 heteroatoms. The van der Waals surface area contributed by atoms with Crippen LogP contribution in [0.5, 0.6) is 0 Å². The van der Waals surface area contributed by atoms with Gasteiger partial charge in [0, 0.05) is 11.5 Å². The third-order valence-electron chi connectivity index (χ3n) is 3.63. The molecule has 17 heavy (non-hydrogen) atoms. The molecule has 0 amide bonds. The van der Waals surface area contributed by atoms with Crippen LogP contribution in [0.1, 0.15) is 42.2 Å². The summed E-state index contributed by atoms with van der Waals surface area (Å²) in [4.78, 5) is 0. The molecule has 1 unspecified atom stereocenters. The Morgan fingerprint density at radius 2 is 2.00 bits per heavy atom. The Morgan fingerprint density at radius 3 is 2.76 bits per heavy atom. The molecule has 1 aromatic carbocycles. The second-order valence-electron chi connectivity index (χ2n) is 4.58. The van der Waals surface area contributed by atoms with Crippen LogP contribution in [-0.4, -0.2) is 0 Å². The molecular formula is C16H16O. The Bertz CT molecular complexity index is 575. The maximum atomic E-state index is 5.67. The summed E-state index contributed by atoms with van der Waals surface area (Å²) in [6.07, 6.45) is 5.08. The summed E-state index contributed by atoms with van der Waals surface area (Å²) in [5.41, 5.74) is 5.35. The number of hydrogen-bond donors (Lipinski definition) is 0. The molecule has 2 aromatic rings. The van der Waals surface area contributed by atoms with Crippen molar-refractivity contribution < 1.29 is 4.42 Å². The summed E-state index contributed by atoms with van der Waals surface area (Å²) in [7, 11) is 0. The minimum atomic E-state index is 0.433. The molecule has 0 fully saturated rings. The van der Waals surface area contributed by atoms with Crippen LogP contribution >= 0.6 is 0 Å². The van der Waals surface area contributed by atoms with E-state index in [9.17, 15) is 0 Å². The number of aryl methyl sites for hydroxylation is 1. The lowest BCUT2D eigenvalue weighted by Crippen LogP contribution is -1.94. The Balaban J connectivity index is 2.09. The van der Waals surface area contributed by atoms with E-state index in [2.05, 4.69) is 50.3 Å². The van der Waals surface area contributed by atoms with E-state index < -0.39 is 0 Å². The zero-order valence-corrected chi connectivity index (χ0v) is 10.2. The van der Waals surface area contributed by atoms with Crippen LogP contribution in [0.15, 0.2) is 41.0 Å². The number of furan rings is 1. The van der Waals surface area contributed by atoms with Crippen LogP contribution in [0.4, 0.5) is 0 Å². The molecule has 1 aliphatic rings. The highest BCUT2D eigenvalue weighted by Crippen LogP contribution is 2.42. The number of allylic oxidation sites excluding steroid dienone is 1. The Labute approximate surface area is 102 Å². The van der Waals surface area contributed by atoms with Crippen LogP contribution in [0, 0.1) is 0 Å². The van der Waals surface area contributed by atoms with Gasteiger partial charge in [0.25, 0.3) is 0 Å². The topological polar surface area (TPSA) is 13.1 Å². The van der Waals surface area contributed by atoms with Crippen LogP contribution in [0.3, 0.4) is 0 Å². The fourth-order valence-corrected chi connectivity index (χ4v) is 2.63. The van der Waals surface area contributed by atoms with Crippen LogP contribution in [-0.2, 0) is 6.42 Å². The number of hydrogen-bond acceptors (Lipinski definition) is 1. The van der Waals surface area contributed by atoms with Gasteiger partial charge in [-0.2, -0.15) is 0 Å². The second kappa shape index (κ2) is 3.92. The molecule has 1 aromatic heterocycles. The van der Waals surface area contributed by atoms with Gasteiger partial charge in [0.15, 0.2) is 0 Å². The third kappa shape index (κ3) is 1.54. The Kier molecular flexibility index (Phi) is 2.40. The van der Waals surface area contributed by atoms with Crippen LogP contribution in [0.2, 0.25) is 0 Å². The SMILES string of the molecule is CCc1ccoc1C1=Cc2ccccc2C1C. The lowest BCUT2D eigenvalue weighted by atomic mass is 9.95. The average Bonchev–Trinajstić information content (AvgIpc) is 2.94. The van der Waals surface area contributed by atoms with E-state index in [1.165, 1.54) is 22.3 Å². The van der Waals surface area contributed by atoms with Crippen molar-refractivity contribution >= 4 is 11.6 Å². The zero-order chi connectivity index (χ0) is 11.8. The minimum absolute atomic E-state index is 0.433. The predicted molar refractivity (Wildman–Crippen MR) is 70.8 cm³/mol. The first-order valence-corrected chi connectivity index (χ1v) is 6.18. The van der Waals surface area contributed by atoms with Gasteiger partial charge < -0.3 is 4.42 Å². The number of benzene rings is 1. The maximum absolute atomic E-state index is 5.67. The molecule has 0 saturated carbocycles. The van der Waals surface area contributed by atoms with Gasteiger partial charge in [-0.05, 0) is 35.3 Å². The normalized spacial score (nSPS) is 18.0. The molecule has 0 bridgehead atoms. The van der Waals surface area contributed by atoms with Crippen molar-refractivity contribution in [3.05, 3.63) is 59.0 Å². The van der Waals surface area contributed by atoms with Gasteiger partial charge in [0.05, 0.1) is 6.26 Å². The average molecular weight is 224 g/mol. The lowest BCUT2D eigenvalue weighted by molar-refractivity contribution is 0.546. The van der Waals surface area contributed by atoms with Crippen molar-refractivity contribution in [3.8, 4) is 0 Å². The second-order valence-corrected chi connectivity index (χ2v) is 4.58. The van der Waals surface area contributed by atoms with Crippen molar-refractivity contribution in [3.63, 3.8) is 0 Å². The fourth-order valence-electron chi connectivity index (χ4n) is 2.63. The Morgan fingerprint density at radius 1 is 1.18 bits per heavy atom. The molecule has 0 saturated heterocycles. The van der Waals surface area contributed by atoms with Crippen molar-refractivity contribution in [1.29, 1.82) is 0 Å². The molecule has 3 rings (SSSR count). The van der Waals surface area contributed by atoms with Crippen molar-refractivity contribution in [2.75, 3.05) is 0 Å². The molecule has 0 N–H and O–H groups in total. The van der Waals surface area contributed by atoms with E-state index in [1.807, 2.05) is 0 Å². The molecule has 0 spiro atoms. The van der Waals surface area contributed by atoms with E-state index >= 15 is 0 Å². The van der Waals surface area contributed by atoms with Gasteiger partial charge in [-0.3, -0.25) is 0 Å². The highest BCUT2D eigenvalue weighted by atomic mass is 16.3. The van der Waals surface area contributed by atoms with Gasteiger partial charge in [0.1, 0.15) is 5.76 Å². The summed E-state index contributed by atoms with van der Waals surface area (Å²) in [5.74, 6) is 1.50. The zero-order valence-electron chi connectivity index (χ0n) is 10.2. The highest BCUT2D eigenvalue weighted by molar-refractivity contribution is 5.90. The van der Waals surface area contributed by atoms with Crippen molar-refractivity contribution in [2.45, 2.75) is 26.2 Å². The lowest BCUT2D eigenvalue weighted by Gasteiger charge is -2.10. The summed E-state index contributed by atoms with van der Waals surface area (Å²) >= 11 is 0. The van der Waals surface area contributed by atoms with Crippen molar-refractivity contribution in [1.82, 2.24) is 0 Å². The van der Waals surface area contributed by atoms with E-state index in [1.54, 1.807) is 6.26 Å². The van der Waals surface area contributed by atoms with E-state index in [-0.39, 0.29) is 0 Å². The molecule has 86 valence electrons. The van der Waals surface area contributed by atoms with Crippen LogP contribution < -0.4 is 0 Å². The van der Waals surface area contributed by atoms with Gasteiger partial charge in [-0.1, -0.05) is 38.1 Å². The summed E-state index contributed by atoms with van der Waals surface area (Å²) in [6.45, 7) is 4.42. The molecular weight excluding hydrogens is 208 g/mol. The van der Waals surface area contributed by atoms with E-state index in [0.717, 1.165) is 12.2 Å². The van der Waals surface area contributed by atoms with Gasteiger partial charge in [-0.15, -0.1) is 0 Å². The van der Waals surface area contributed by atoms with E-state index in [0.29, 0.717) is 5.92 Å². The standard InChI is InChI=1S/C16H16O/c1-3-12-8-9-17-16(12)15-10-13-6-4-5-7-14(13)11(15)2/h4-11H,3H2,1-2H3. The smallest absolute Gasteiger partial charge is 0.133 e. The summed E-state index contributed by atoms with van der Waals surface area (Å²) in [6, 6.07) is 10.7. The molecule has 0 aliphatic heterocycles. The van der Waals surface area contributed by atoms with Crippen LogP contribution in [0.25, 0.3) is 11.6 Å². The number of rotatable bonds is 2. The third-order valence-corrected chi connectivity index (χ3v) is 3.63. The van der Waals surface area contributed by atoms with Gasteiger partial charge in [-0.25, -0.2) is 0 Å². The molecule has 1 heterocycles. The fraction of sp³-hybridized carbons (Fsp3) is 0.250.